The maximum Gasteiger partial charge on any atom is 0.253 e. The van der Waals surface area contributed by atoms with Gasteiger partial charge in [-0.1, -0.05) is 12.8 Å². The molecule has 2 aliphatic rings. The number of carbonyl (C=O) groups is 1. The molecule has 1 saturated carbocycles. The zero-order chi connectivity index (χ0) is 12.5. The maximum atomic E-state index is 12.0. The Balaban J connectivity index is 1.68. The summed E-state index contributed by atoms with van der Waals surface area (Å²) in [5, 5.41) is 2.89. The van der Waals surface area contributed by atoms with Crippen molar-refractivity contribution in [1.82, 2.24) is 5.32 Å². The maximum absolute atomic E-state index is 12.0. The van der Waals surface area contributed by atoms with Gasteiger partial charge in [0.05, 0.1) is 5.56 Å². The number of carbonyl (C=O) groups excluding carboxylic acids is 1. The first kappa shape index (κ1) is 11.2. The topological polar surface area (TPSA) is 73.6 Å². The normalized spacial score (nSPS) is 16.7. The number of nitrogens with one attached hydrogen (secondary N) is 1. The van der Waals surface area contributed by atoms with Crippen molar-refractivity contribution < 1.29 is 14.3 Å². The van der Waals surface area contributed by atoms with Crippen molar-refractivity contribution in [2.75, 3.05) is 19.1 Å². The molecule has 0 radical (unpaired) electrons. The van der Waals surface area contributed by atoms with Gasteiger partial charge in [-0.25, -0.2) is 0 Å². The molecule has 18 heavy (non-hydrogen) atoms. The largest absolute Gasteiger partial charge is 0.454 e. The SMILES string of the molecule is Nc1cc2c(cc1C(=O)NCCC1CC1)OCO2. The molecule has 1 aromatic rings. The Morgan fingerprint density at radius 1 is 1.33 bits per heavy atom. The average molecular weight is 248 g/mol. The zero-order valence-electron chi connectivity index (χ0n) is 10.1. The van der Waals surface area contributed by atoms with Gasteiger partial charge in [-0.05, 0) is 18.4 Å². The van der Waals surface area contributed by atoms with E-state index < -0.39 is 0 Å². The monoisotopic (exact) mass is 248 g/mol. The van der Waals surface area contributed by atoms with Gasteiger partial charge in [-0.3, -0.25) is 4.79 Å². The lowest BCUT2D eigenvalue weighted by atomic mass is 10.1. The van der Waals surface area contributed by atoms with Gasteiger partial charge in [0.15, 0.2) is 11.5 Å². The summed E-state index contributed by atoms with van der Waals surface area (Å²) in [6, 6.07) is 3.28. The van der Waals surface area contributed by atoms with Gasteiger partial charge in [0, 0.05) is 18.3 Å². The Hall–Kier alpha value is -1.91. The number of hydrogen-bond acceptors (Lipinski definition) is 4. The molecule has 1 aliphatic heterocycles. The lowest BCUT2D eigenvalue weighted by Crippen LogP contribution is -2.25. The first-order valence-corrected chi connectivity index (χ1v) is 6.21. The number of rotatable bonds is 4. The lowest BCUT2D eigenvalue weighted by molar-refractivity contribution is 0.0953. The second-order valence-corrected chi connectivity index (χ2v) is 4.78. The van der Waals surface area contributed by atoms with Crippen molar-refractivity contribution in [3.63, 3.8) is 0 Å². The Labute approximate surface area is 105 Å². The van der Waals surface area contributed by atoms with Crippen LogP contribution in [-0.2, 0) is 0 Å². The quantitative estimate of drug-likeness (QED) is 0.792. The van der Waals surface area contributed by atoms with E-state index in [1.54, 1.807) is 12.1 Å². The Morgan fingerprint density at radius 3 is 2.78 bits per heavy atom. The Kier molecular flexibility index (Phi) is 2.74. The van der Waals surface area contributed by atoms with Crippen molar-refractivity contribution in [2.45, 2.75) is 19.3 Å². The van der Waals surface area contributed by atoms with Crippen LogP contribution < -0.4 is 20.5 Å². The fourth-order valence-corrected chi connectivity index (χ4v) is 2.05. The molecule has 1 heterocycles. The molecule has 1 aliphatic carbocycles. The number of benzene rings is 1. The van der Waals surface area contributed by atoms with Crippen LogP contribution >= 0.6 is 0 Å². The highest BCUT2D eigenvalue weighted by atomic mass is 16.7. The van der Waals surface area contributed by atoms with Crippen LogP contribution in [-0.4, -0.2) is 19.2 Å². The van der Waals surface area contributed by atoms with Gasteiger partial charge in [0.1, 0.15) is 0 Å². The van der Waals surface area contributed by atoms with E-state index in [1.807, 2.05) is 0 Å². The summed E-state index contributed by atoms with van der Waals surface area (Å²) in [6.07, 6.45) is 3.64. The minimum atomic E-state index is -0.147. The highest BCUT2D eigenvalue weighted by Gasteiger charge is 2.22. The fraction of sp³-hybridized carbons (Fsp3) is 0.462. The van der Waals surface area contributed by atoms with Crippen molar-refractivity contribution in [2.24, 2.45) is 5.92 Å². The number of nitrogen functional groups attached to an aromatic ring is 1. The van der Waals surface area contributed by atoms with E-state index in [0.717, 1.165) is 12.3 Å². The molecule has 5 nitrogen and oxygen atoms in total. The number of fused-ring (bicyclic) bond motifs is 1. The van der Waals surface area contributed by atoms with Gasteiger partial charge < -0.3 is 20.5 Å². The highest BCUT2D eigenvalue weighted by Crippen LogP contribution is 2.36. The summed E-state index contributed by atoms with van der Waals surface area (Å²) in [6.45, 7) is 0.888. The minimum Gasteiger partial charge on any atom is -0.454 e. The number of anilines is 1. The summed E-state index contributed by atoms with van der Waals surface area (Å²) in [5.74, 6) is 1.84. The van der Waals surface area contributed by atoms with Crippen LogP contribution in [0.3, 0.4) is 0 Å². The van der Waals surface area contributed by atoms with Gasteiger partial charge in [0.25, 0.3) is 5.91 Å². The van der Waals surface area contributed by atoms with Gasteiger partial charge in [-0.15, -0.1) is 0 Å². The Morgan fingerprint density at radius 2 is 2.06 bits per heavy atom. The van der Waals surface area contributed by atoms with E-state index in [1.165, 1.54) is 12.8 Å². The molecule has 3 rings (SSSR count). The summed E-state index contributed by atoms with van der Waals surface area (Å²) in [4.78, 5) is 12.0. The van der Waals surface area contributed by atoms with E-state index in [2.05, 4.69) is 5.32 Å². The molecular weight excluding hydrogens is 232 g/mol. The Bertz CT molecular complexity index is 483. The van der Waals surface area contributed by atoms with E-state index in [0.29, 0.717) is 29.3 Å². The molecule has 0 atom stereocenters. The van der Waals surface area contributed by atoms with Crippen LogP contribution in [0, 0.1) is 5.92 Å². The van der Waals surface area contributed by atoms with Crippen LogP contribution in [0.1, 0.15) is 29.6 Å². The molecule has 0 saturated heterocycles. The molecule has 0 bridgehead atoms. The third kappa shape index (κ3) is 2.20. The van der Waals surface area contributed by atoms with Crippen molar-refractivity contribution in [3.8, 4) is 11.5 Å². The van der Waals surface area contributed by atoms with Gasteiger partial charge >= 0.3 is 0 Å². The number of hydrogen-bond donors (Lipinski definition) is 2. The summed E-state index contributed by atoms with van der Waals surface area (Å²) < 4.78 is 10.4. The second kappa shape index (κ2) is 4.40. The summed E-state index contributed by atoms with van der Waals surface area (Å²) in [5.41, 5.74) is 6.72. The molecule has 96 valence electrons. The van der Waals surface area contributed by atoms with Gasteiger partial charge in [0.2, 0.25) is 6.79 Å². The third-order valence-corrected chi connectivity index (χ3v) is 3.32. The molecular formula is C13H16N2O3. The lowest BCUT2D eigenvalue weighted by Gasteiger charge is -2.08. The summed E-state index contributed by atoms with van der Waals surface area (Å²) >= 11 is 0. The third-order valence-electron chi connectivity index (χ3n) is 3.32. The van der Waals surface area contributed by atoms with Crippen LogP contribution in [0.4, 0.5) is 5.69 Å². The van der Waals surface area contributed by atoms with E-state index in [9.17, 15) is 4.79 Å². The van der Waals surface area contributed by atoms with Crippen LogP contribution in [0.2, 0.25) is 0 Å². The predicted molar refractivity (Wildman–Crippen MR) is 66.7 cm³/mol. The molecule has 5 heteroatoms. The number of amides is 1. The van der Waals surface area contributed by atoms with E-state index >= 15 is 0 Å². The van der Waals surface area contributed by atoms with Crippen molar-refractivity contribution >= 4 is 11.6 Å². The molecule has 1 fully saturated rings. The molecule has 1 amide bonds. The summed E-state index contributed by atoms with van der Waals surface area (Å²) in [7, 11) is 0. The van der Waals surface area contributed by atoms with E-state index in [4.69, 9.17) is 15.2 Å². The minimum absolute atomic E-state index is 0.147. The molecule has 0 spiro atoms. The van der Waals surface area contributed by atoms with Crippen LogP contribution in [0.25, 0.3) is 0 Å². The first-order chi connectivity index (χ1) is 8.74. The molecule has 3 N–H and O–H groups in total. The van der Waals surface area contributed by atoms with Crippen LogP contribution in [0.5, 0.6) is 11.5 Å². The molecule has 0 unspecified atom stereocenters. The number of nitrogens with two attached hydrogens (primary N) is 1. The van der Waals surface area contributed by atoms with Crippen molar-refractivity contribution in [1.29, 1.82) is 0 Å². The zero-order valence-corrected chi connectivity index (χ0v) is 10.1. The molecule has 0 aromatic heterocycles. The van der Waals surface area contributed by atoms with E-state index in [-0.39, 0.29) is 12.7 Å². The van der Waals surface area contributed by atoms with Crippen molar-refractivity contribution in [3.05, 3.63) is 17.7 Å². The van der Waals surface area contributed by atoms with Gasteiger partial charge in [-0.2, -0.15) is 0 Å². The smallest absolute Gasteiger partial charge is 0.253 e. The second-order valence-electron chi connectivity index (χ2n) is 4.78. The highest BCUT2D eigenvalue weighted by molar-refractivity contribution is 6.00. The molecule has 1 aromatic carbocycles. The standard InChI is InChI=1S/C13H16N2O3/c14-10-6-12-11(17-7-18-12)5-9(10)13(16)15-4-3-8-1-2-8/h5-6,8H,1-4,7,14H2,(H,15,16). The predicted octanol–water partition coefficient (Wildman–Crippen LogP) is 1.53. The average Bonchev–Trinajstić information content (AvgIpc) is 3.05. The van der Waals surface area contributed by atoms with Crippen LogP contribution in [0.15, 0.2) is 12.1 Å². The fourth-order valence-electron chi connectivity index (χ4n) is 2.05. The number of ether oxygens (including phenoxy) is 2. The first-order valence-electron chi connectivity index (χ1n) is 6.21.